The molecule has 1 aromatic rings. The fourth-order valence-electron chi connectivity index (χ4n) is 2.72. The minimum absolute atomic E-state index is 0.0322. The van der Waals surface area contributed by atoms with Crippen molar-refractivity contribution in [3.63, 3.8) is 0 Å². The minimum Gasteiger partial charge on any atom is -0.312 e. The fraction of sp³-hybridized carbons (Fsp3) is 0.462. The van der Waals surface area contributed by atoms with Gasteiger partial charge in [-0.1, -0.05) is 34.6 Å². The lowest BCUT2D eigenvalue weighted by Gasteiger charge is -2.26. The summed E-state index contributed by atoms with van der Waals surface area (Å²) in [4.78, 5) is 6.26. The van der Waals surface area contributed by atoms with Crippen molar-refractivity contribution in [1.82, 2.24) is 0 Å². The SMILES string of the molecule is CCSC1=N[C@H]2CS(=O)(=O)C[C@H]2N1c1ccc(Br)cc1F. The van der Waals surface area contributed by atoms with E-state index in [2.05, 4.69) is 20.9 Å². The number of anilines is 1. The summed E-state index contributed by atoms with van der Waals surface area (Å²) in [6.07, 6.45) is 0. The van der Waals surface area contributed by atoms with Crippen molar-refractivity contribution < 1.29 is 12.8 Å². The lowest BCUT2D eigenvalue weighted by Crippen LogP contribution is -2.39. The smallest absolute Gasteiger partial charge is 0.164 e. The molecule has 2 aliphatic heterocycles. The van der Waals surface area contributed by atoms with E-state index in [1.165, 1.54) is 17.8 Å². The van der Waals surface area contributed by atoms with Gasteiger partial charge in [0.1, 0.15) is 5.82 Å². The largest absolute Gasteiger partial charge is 0.312 e. The molecule has 0 bridgehead atoms. The van der Waals surface area contributed by atoms with E-state index in [0.717, 1.165) is 5.75 Å². The Kier molecular flexibility index (Phi) is 4.04. The van der Waals surface area contributed by atoms with E-state index in [-0.39, 0.29) is 29.4 Å². The Balaban J connectivity index is 2.03. The van der Waals surface area contributed by atoms with E-state index in [1.54, 1.807) is 17.0 Å². The second kappa shape index (κ2) is 5.55. The predicted octanol–water partition coefficient (Wildman–Crippen LogP) is 2.68. The maximum Gasteiger partial charge on any atom is 0.164 e. The average Bonchev–Trinajstić information content (AvgIpc) is 2.82. The van der Waals surface area contributed by atoms with E-state index >= 15 is 0 Å². The highest BCUT2D eigenvalue weighted by molar-refractivity contribution is 9.10. The molecule has 1 aromatic carbocycles. The Bertz CT molecular complexity index is 708. The number of rotatable bonds is 2. The summed E-state index contributed by atoms with van der Waals surface area (Å²) < 4.78 is 38.6. The summed E-state index contributed by atoms with van der Waals surface area (Å²) in [7, 11) is -3.10. The Morgan fingerprint density at radius 2 is 2.24 bits per heavy atom. The Morgan fingerprint density at radius 3 is 2.90 bits per heavy atom. The number of hydrogen-bond acceptors (Lipinski definition) is 5. The molecule has 21 heavy (non-hydrogen) atoms. The Morgan fingerprint density at radius 1 is 1.48 bits per heavy atom. The van der Waals surface area contributed by atoms with Crippen molar-refractivity contribution in [2.24, 2.45) is 4.99 Å². The van der Waals surface area contributed by atoms with Crippen molar-refractivity contribution >= 4 is 48.4 Å². The van der Waals surface area contributed by atoms with Gasteiger partial charge in [0.05, 0.1) is 29.3 Å². The third kappa shape index (κ3) is 2.85. The standard InChI is InChI=1S/C13H14BrFN2O2S2/c1-2-20-13-16-10-6-21(18,19)7-12(10)17(13)11-4-3-8(14)5-9(11)15/h3-5,10,12H,2,6-7H2,1H3/t10-,12+/m0/s1. The summed E-state index contributed by atoms with van der Waals surface area (Å²) in [5, 5.41) is 0.712. The second-order valence-electron chi connectivity index (χ2n) is 5.02. The molecule has 114 valence electrons. The molecule has 2 atom stereocenters. The first-order valence-corrected chi connectivity index (χ1v) is 10.2. The summed E-state index contributed by atoms with van der Waals surface area (Å²) in [6.45, 7) is 1.99. The molecule has 3 rings (SSSR count). The maximum absolute atomic E-state index is 14.3. The van der Waals surface area contributed by atoms with Gasteiger partial charge in [-0.05, 0) is 24.0 Å². The van der Waals surface area contributed by atoms with Crippen LogP contribution in [0, 0.1) is 5.82 Å². The third-order valence-electron chi connectivity index (χ3n) is 3.55. The number of halogens is 2. The number of sulfone groups is 1. The number of nitrogens with zero attached hydrogens (tertiary/aromatic N) is 2. The normalized spacial score (nSPS) is 26.8. The molecule has 4 nitrogen and oxygen atoms in total. The van der Waals surface area contributed by atoms with Crippen LogP contribution in [0.5, 0.6) is 0 Å². The third-order valence-corrected chi connectivity index (χ3v) is 6.59. The molecule has 8 heteroatoms. The van der Waals surface area contributed by atoms with Gasteiger partial charge in [0, 0.05) is 4.47 Å². The molecule has 1 saturated heterocycles. The molecular formula is C13H14BrFN2O2S2. The van der Waals surface area contributed by atoms with Crippen molar-refractivity contribution in [3.05, 3.63) is 28.5 Å². The molecule has 0 saturated carbocycles. The number of benzene rings is 1. The van der Waals surface area contributed by atoms with Crippen LogP contribution < -0.4 is 4.90 Å². The number of hydrogen-bond donors (Lipinski definition) is 0. The van der Waals surface area contributed by atoms with Crippen LogP contribution in [-0.2, 0) is 9.84 Å². The van der Waals surface area contributed by atoms with Crippen molar-refractivity contribution in [2.45, 2.75) is 19.0 Å². The van der Waals surface area contributed by atoms with Crippen LogP contribution >= 0.6 is 27.7 Å². The first-order valence-electron chi connectivity index (χ1n) is 6.56. The highest BCUT2D eigenvalue weighted by Crippen LogP contribution is 2.36. The van der Waals surface area contributed by atoms with Gasteiger partial charge < -0.3 is 4.90 Å². The Labute approximate surface area is 135 Å². The fourth-order valence-corrected chi connectivity index (χ4v) is 5.74. The minimum atomic E-state index is -3.10. The monoisotopic (exact) mass is 392 g/mol. The molecule has 0 unspecified atom stereocenters. The summed E-state index contributed by atoms with van der Waals surface area (Å²) in [5.41, 5.74) is 0.391. The molecular weight excluding hydrogens is 379 g/mol. The zero-order valence-corrected chi connectivity index (χ0v) is 14.5. The first kappa shape index (κ1) is 15.3. The number of aliphatic imine (C=N–C) groups is 1. The summed E-state index contributed by atoms with van der Waals surface area (Å²) >= 11 is 4.75. The van der Waals surface area contributed by atoms with Crippen molar-refractivity contribution in [1.29, 1.82) is 0 Å². The van der Waals surface area contributed by atoms with Gasteiger partial charge in [-0.3, -0.25) is 4.99 Å². The van der Waals surface area contributed by atoms with Crippen LogP contribution in [0.15, 0.2) is 27.7 Å². The zero-order valence-electron chi connectivity index (χ0n) is 11.3. The van der Waals surface area contributed by atoms with Crippen LogP contribution in [0.1, 0.15) is 6.92 Å². The molecule has 0 spiro atoms. The summed E-state index contributed by atoms with van der Waals surface area (Å²) in [6, 6.07) is 4.23. The predicted molar refractivity (Wildman–Crippen MR) is 88.4 cm³/mol. The molecule has 0 N–H and O–H groups in total. The number of fused-ring (bicyclic) bond motifs is 1. The van der Waals surface area contributed by atoms with Gasteiger partial charge in [0.25, 0.3) is 0 Å². The van der Waals surface area contributed by atoms with E-state index in [0.29, 0.717) is 15.3 Å². The highest BCUT2D eigenvalue weighted by Gasteiger charge is 2.47. The molecule has 0 radical (unpaired) electrons. The number of thioether (sulfide) groups is 1. The van der Waals surface area contributed by atoms with E-state index in [1.807, 2.05) is 6.92 Å². The van der Waals surface area contributed by atoms with Crippen LogP contribution in [0.4, 0.5) is 10.1 Å². The van der Waals surface area contributed by atoms with E-state index in [9.17, 15) is 12.8 Å². The lowest BCUT2D eigenvalue weighted by atomic mass is 10.1. The molecule has 1 fully saturated rings. The van der Waals surface area contributed by atoms with Crippen molar-refractivity contribution in [2.75, 3.05) is 22.2 Å². The topological polar surface area (TPSA) is 49.7 Å². The second-order valence-corrected chi connectivity index (χ2v) is 9.32. The highest BCUT2D eigenvalue weighted by atomic mass is 79.9. The molecule has 0 aromatic heterocycles. The molecule has 2 heterocycles. The number of amidine groups is 1. The Hall–Kier alpha value is -0.600. The molecule has 2 aliphatic rings. The van der Waals surface area contributed by atoms with Gasteiger partial charge >= 0.3 is 0 Å². The van der Waals surface area contributed by atoms with Crippen LogP contribution in [0.25, 0.3) is 0 Å². The summed E-state index contributed by atoms with van der Waals surface area (Å²) in [5.74, 6) is 0.517. The van der Waals surface area contributed by atoms with Gasteiger partial charge in [0.2, 0.25) is 0 Å². The van der Waals surface area contributed by atoms with E-state index < -0.39 is 9.84 Å². The van der Waals surface area contributed by atoms with E-state index in [4.69, 9.17) is 0 Å². The van der Waals surface area contributed by atoms with Gasteiger partial charge in [0.15, 0.2) is 15.0 Å². The van der Waals surface area contributed by atoms with Gasteiger partial charge in [-0.25, -0.2) is 12.8 Å². The molecule has 0 aliphatic carbocycles. The van der Waals surface area contributed by atoms with Crippen LogP contribution in [0.3, 0.4) is 0 Å². The van der Waals surface area contributed by atoms with Crippen LogP contribution in [-0.4, -0.2) is 42.9 Å². The molecule has 0 amide bonds. The average molecular weight is 393 g/mol. The van der Waals surface area contributed by atoms with Crippen LogP contribution in [0.2, 0.25) is 0 Å². The van der Waals surface area contributed by atoms with Crippen molar-refractivity contribution in [3.8, 4) is 0 Å². The zero-order chi connectivity index (χ0) is 15.2. The maximum atomic E-state index is 14.3. The quantitative estimate of drug-likeness (QED) is 0.776. The first-order chi connectivity index (χ1) is 9.91. The lowest BCUT2D eigenvalue weighted by molar-refractivity contribution is 0.600. The van der Waals surface area contributed by atoms with Gasteiger partial charge in [-0.15, -0.1) is 0 Å². The van der Waals surface area contributed by atoms with Gasteiger partial charge in [-0.2, -0.15) is 0 Å².